The van der Waals surface area contributed by atoms with Crippen LogP contribution in [0.3, 0.4) is 0 Å². The molecule has 0 saturated heterocycles. The van der Waals surface area contributed by atoms with Crippen molar-refractivity contribution in [2.45, 2.75) is 10.1 Å². The van der Waals surface area contributed by atoms with Crippen LogP contribution in [-0.2, 0) is 5.75 Å². The largest absolute Gasteiger partial charge is 0.238 e. The second-order valence-corrected chi connectivity index (χ2v) is 4.86. The highest BCUT2D eigenvalue weighted by atomic mass is 35.5. The monoisotopic (exact) mass is 243 g/mol. The smallest absolute Gasteiger partial charge is 0.222 e. The normalized spacial score (nSPS) is 10.4. The first-order valence-corrected chi connectivity index (χ1v) is 6.08. The van der Waals surface area contributed by atoms with E-state index < -0.39 is 0 Å². The van der Waals surface area contributed by atoms with Crippen LogP contribution in [0.2, 0.25) is 5.28 Å². The molecule has 0 aliphatic rings. The summed E-state index contributed by atoms with van der Waals surface area (Å²) < 4.78 is 1.04. The fraction of sp³-hybridized carbons (Fsp3) is 0.125. The van der Waals surface area contributed by atoms with Crippen molar-refractivity contribution in [2.24, 2.45) is 0 Å². The Bertz CT molecular complexity index is 405. The van der Waals surface area contributed by atoms with Gasteiger partial charge in [0.1, 0.15) is 4.34 Å². The van der Waals surface area contributed by atoms with Gasteiger partial charge in [-0.2, -0.15) is 0 Å². The fourth-order valence-electron chi connectivity index (χ4n) is 0.867. The number of aromatic nitrogens is 3. The SMILES string of the molecule is Clc1nccc(CSc2nccs2)n1. The van der Waals surface area contributed by atoms with E-state index in [1.54, 1.807) is 35.5 Å². The first kappa shape index (κ1) is 9.89. The molecule has 2 heterocycles. The van der Waals surface area contributed by atoms with E-state index in [-0.39, 0.29) is 0 Å². The predicted octanol–water partition coefficient (Wildman–Crippen LogP) is 2.88. The fourth-order valence-corrected chi connectivity index (χ4v) is 2.58. The lowest BCUT2D eigenvalue weighted by atomic mass is 10.5. The Kier molecular flexibility index (Phi) is 3.34. The zero-order chi connectivity index (χ0) is 9.80. The van der Waals surface area contributed by atoms with E-state index in [1.165, 1.54) is 0 Å². The van der Waals surface area contributed by atoms with E-state index in [4.69, 9.17) is 11.6 Å². The summed E-state index contributed by atoms with van der Waals surface area (Å²) in [6.07, 6.45) is 3.45. The van der Waals surface area contributed by atoms with Crippen LogP contribution in [0.15, 0.2) is 28.2 Å². The van der Waals surface area contributed by atoms with Gasteiger partial charge in [0.05, 0.1) is 5.69 Å². The Labute approximate surface area is 94.6 Å². The number of thioether (sulfide) groups is 1. The quantitative estimate of drug-likeness (QED) is 0.614. The molecule has 6 heteroatoms. The topological polar surface area (TPSA) is 38.7 Å². The van der Waals surface area contributed by atoms with E-state index >= 15 is 0 Å². The van der Waals surface area contributed by atoms with Gasteiger partial charge in [-0.3, -0.25) is 0 Å². The van der Waals surface area contributed by atoms with Crippen LogP contribution >= 0.6 is 34.7 Å². The van der Waals surface area contributed by atoms with Gasteiger partial charge in [0.15, 0.2) is 0 Å². The van der Waals surface area contributed by atoms with E-state index in [1.807, 2.05) is 11.4 Å². The molecule has 2 aromatic heterocycles. The average molecular weight is 244 g/mol. The minimum absolute atomic E-state index is 0.294. The number of hydrogen-bond acceptors (Lipinski definition) is 5. The molecular weight excluding hydrogens is 238 g/mol. The summed E-state index contributed by atoms with van der Waals surface area (Å²) in [5, 5.41) is 2.25. The molecule has 0 aliphatic carbocycles. The summed E-state index contributed by atoms with van der Waals surface area (Å²) in [6, 6.07) is 1.85. The Morgan fingerprint density at radius 2 is 2.29 bits per heavy atom. The summed E-state index contributed by atoms with van der Waals surface area (Å²) >= 11 is 8.93. The molecule has 0 N–H and O–H groups in total. The van der Waals surface area contributed by atoms with Crippen LogP contribution in [-0.4, -0.2) is 15.0 Å². The first-order valence-electron chi connectivity index (χ1n) is 3.84. The molecule has 0 saturated carbocycles. The van der Waals surface area contributed by atoms with Crippen LogP contribution < -0.4 is 0 Å². The van der Waals surface area contributed by atoms with Gasteiger partial charge >= 0.3 is 0 Å². The number of thiazole rings is 1. The van der Waals surface area contributed by atoms with Gasteiger partial charge in [0.25, 0.3) is 0 Å². The Morgan fingerprint density at radius 3 is 3.00 bits per heavy atom. The van der Waals surface area contributed by atoms with E-state index in [0.29, 0.717) is 5.28 Å². The number of rotatable bonds is 3. The third-order valence-corrected chi connectivity index (χ3v) is 3.62. The lowest BCUT2D eigenvalue weighted by Gasteiger charge is -1.97. The third kappa shape index (κ3) is 2.67. The van der Waals surface area contributed by atoms with Gasteiger partial charge < -0.3 is 0 Å². The molecule has 0 spiro atoms. The van der Waals surface area contributed by atoms with Crippen LogP contribution in [0, 0.1) is 0 Å². The summed E-state index contributed by atoms with van der Waals surface area (Å²) in [6.45, 7) is 0. The second kappa shape index (κ2) is 4.72. The van der Waals surface area contributed by atoms with Gasteiger partial charge in [-0.25, -0.2) is 15.0 Å². The predicted molar refractivity (Wildman–Crippen MR) is 58.7 cm³/mol. The number of nitrogens with zero attached hydrogens (tertiary/aromatic N) is 3. The third-order valence-electron chi connectivity index (χ3n) is 1.44. The van der Waals surface area contributed by atoms with Crippen LogP contribution in [0.25, 0.3) is 0 Å². The van der Waals surface area contributed by atoms with Crippen molar-refractivity contribution in [3.05, 3.63) is 34.8 Å². The molecule has 72 valence electrons. The Hall–Kier alpha value is -0.650. The molecule has 0 aromatic carbocycles. The van der Waals surface area contributed by atoms with Crippen molar-refractivity contribution in [1.29, 1.82) is 0 Å². The average Bonchev–Trinajstić information content (AvgIpc) is 2.67. The zero-order valence-corrected chi connectivity index (χ0v) is 9.44. The molecule has 0 fully saturated rings. The highest BCUT2D eigenvalue weighted by molar-refractivity contribution is 8.00. The number of halogens is 1. The van der Waals surface area contributed by atoms with Crippen molar-refractivity contribution in [1.82, 2.24) is 15.0 Å². The molecule has 3 nitrogen and oxygen atoms in total. The van der Waals surface area contributed by atoms with Gasteiger partial charge in [0, 0.05) is 23.5 Å². The first-order chi connectivity index (χ1) is 6.84. The lowest BCUT2D eigenvalue weighted by Crippen LogP contribution is -1.88. The van der Waals surface area contributed by atoms with Crippen molar-refractivity contribution in [3.63, 3.8) is 0 Å². The van der Waals surface area contributed by atoms with E-state index in [9.17, 15) is 0 Å². The highest BCUT2D eigenvalue weighted by Crippen LogP contribution is 2.23. The van der Waals surface area contributed by atoms with Crippen molar-refractivity contribution < 1.29 is 0 Å². The van der Waals surface area contributed by atoms with Crippen molar-refractivity contribution in [3.8, 4) is 0 Å². The lowest BCUT2D eigenvalue weighted by molar-refractivity contribution is 1.09. The molecule has 2 rings (SSSR count). The maximum absolute atomic E-state index is 5.66. The molecule has 0 radical (unpaired) electrons. The van der Waals surface area contributed by atoms with Gasteiger partial charge in [0.2, 0.25) is 5.28 Å². The van der Waals surface area contributed by atoms with Crippen molar-refractivity contribution in [2.75, 3.05) is 0 Å². The standard InChI is InChI=1S/C8H6ClN3S2/c9-7-10-2-1-6(12-7)5-14-8-11-3-4-13-8/h1-4H,5H2. The molecule has 0 amide bonds. The van der Waals surface area contributed by atoms with E-state index in [2.05, 4.69) is 15.0 Å². The van der Waals surface area contributed by atoms with Crippen LogP contribution in [0.4, 0.5) is 0 Å². The maximum atomic E-state index is 5.66. The second-order valence-electron chi connectivity index (χ2n) is 2.40. The van der Waals surface area contributed by atoms with Crippen molar-refractivity contribution >= 4 is 34.7 Å². The Morgan fingerprint density at radius 1 is 1.36 bits per heavy atom. The summed E-state index contributed by atoms with van der Waals surface area (Å²) in [4.78, 5) is 12.1. The molecule has 0 unspecified atom stereocenters. The summed E-state index contributed by atoms with van der Waals surface area (Å²) in [7, 11) is 0. The van der Waals surface area contributed by atoms with Crippen LogP contribution in [0.1, 0.15) is 5.69 Å². The minimum atomic E-state index is 0.294. The molecule has 2 aromatic rings. The van der Waals surface area contributed by atoms with E-state index in [0.717, 1.165) is 15.8 Å². The molecule has 14 heavy (non-hydrogen) atoms. The minimum Gasteiger partial charge on any atom is -0.238 e. The summed E-state index contributed by atoms with van der Waals surface area (Å²) in [5.74, 6) is 0.774. The highest BCUT2D eigenvalue weighted by Gasteiger charge is 2.00. The van der Waals surface area contributed by atoms with Gasteiger partial charge in [-0.1, -0.05) is 11.8 Å². The van der Waals surface area contributed by atoms with Crippen LogP contribution in [0.5, 0.6) is 0 Å². The summed E-state index contributed by atoms with van der Waals surface area (Å²) in [5.41, 5.74) is 0.921. The Balaban J connectivity index is 1.98. The maximum Gasteiger partial charge on any atom is 0.222 e. The molecule has 0 atom stereocenters. The van der Waals surface area contributed by atoms with Gasteiger partial charge in [-0.15, -0.1) is 11.3 Å². The molecule has 0 bridgehead atoms. The molecular formula is C8H6ClN3S2. The van der Waals surface area contributed by atoms with Gasteiger partial charge in [-0.05, 0) is 17.7 Å². The number of hydrogen-bond donors (Lipinski definition) is 0. The molecule has 0 aliphatic heterocycles. The zero-order valence-electron chi connectivity index (χ0n) is 7.05.